The molecule has 23 heavy (non-hydrogen) atoms. The summed E-state index contributed by atoms with van der Waals surface area (Å²) in [5, 5.41) is 15.3. The molecule has 6 nitrogen and oxygen atoms in total. The van der Waals surface area contributed by atoms with E-state index in [0.717, 1.165) is 5.56 Å². The number of carbonyl (C=O) groups is 1. The molecule has 0 aliphatic heterocycles. The third kappa shape index (κ3) is 5.20. The first-order chi connectivity index (χ1) is 11.2. The fourth-order valence-electron chi connectivity index (χ4n) is 1.70. The largest absolute Gasteiger partial charge is 0.411 e. The molecular formula is C17H16N4O2. The quantitative estimate of drug-likeness (QED) is 0.506. The molecule has 0 bridgehead atoms. The molecule has 0 fully saturated rings. The number of allylic oxidation sites excluding steroid dienone is 1. The zero-order chi connectivity index (χ0) is 16.5. The molecular weight excluding hydrogens is 292 g/mol. The van der Waals surface area contributed by atoms with Crippen molar-refractivity contribution in [2.45, 2.75) is 6.92 Å². The van der Waals surface area contributed by atoms with Crippen molar-refractivity contribution in [1.29, 1.82) is 0 Å². The van der Waals surface area contributed by atoms with E-state index in [4.69, 9.17) is 5.21 Å². The number of aromatic nitrogens is 1. The summed E-state index contributed by atoms with van der Waals surface area (Å²) in [4.78, 5) is 15.9. The Morgan fingerprint density at radius 2 is 2.00 bits per heavy atom. The Morgan fingerprint density at radius 3 is 2.65 bits per heavy atom. The molecule has 6 heteroatoms. The lowest BCUT2D eigenvalue weighted by Gasteiger charge is -2.00. The highest BCUT2D eigenvalue weighted by molar-refractivity contribution is 5.99. The summed E-state index contributed by atoms with van der Waals surface area (Å²) in [5.41, 5.74) is 5.00. The summed E-state index contributed by atoms with van der Waals surface area (Å²) >= 11 is 0. The van der Waals surface area contributed by atoms with Gasteiger partial charge in [0.25, 0.3) is 5.91 Å². The summed E-state index contributed by atoms with van der Waals surface area (Å²) in [5.74, 6) is -0.363. The third-order valence-corrected chi connectivity index (χ3v) is 2.89. The number of hydrogen-bond donors (Lipinski definition) is 2. The van der Waals surface area contributed by atoms with Crippen molar-refractivity contribution in [1.82, 2.24) is 10.4 Å². The summed E-state index contributed by atoms with van der Waals surface area (Å²) in [6, 6.07) is 12.9. The first-order valence-electron chi connectivity index (χ1n) is 6.90. The van der Waals surface area contributed by atoms with Crippen LogP contribution in [0.15, 0.2) is 65.0 Å². The lowest BCUT2D eigenvalue weighted by Crippen LogP contribution is -2.19. The molecule has 0 aliphatic rings. The van der Waals surface area contributed by atoms with Crippen LogP contribution in [0.2, 0.25) is 0 Å². The lowest BCUT2D eigenvalue weighted by molar-refractivity contribution is 0.0954. The van der Waals surface area contributed by atoms with Crippen LogP contribution in [0.25, 0.3) is 6.08 Å². The standard InChI is InChI=1S/C17H16N4O2/c1-13(7-8-14-5-3-2-4-6-14)20-21-17(22)15-9-10-16(12-19-23)18-11-15/h2-12,23H,1H3,(H,21,22). The Balaban J connectivity index is 1.95. The van der Waals surface area contributed by atoms with Crippen LogP contribution in [0.5, 0.6) is 0 Å². The number of amides is 1. The van der Waals surface area contributed by atoms with Gasteiger partial charge in [-0.1, -0.05) is 41.6 Å². The van der Waals surface area contributed by atoms with Gasteiger partial charge in [0.2, 0.25) is 0 Å². The van der Waals surface area contributed by atoms with E-state index in [1.807, 2.05) is 42.5 Å². The lowest BCUT2D eigenvalue weighted by atomic mass is 10.2. The van der Waals surface area contributed by atoms with Crippen LogP contribution in [0.3, 0.4) is 0 Å². The highest BCUT2D eigenvalue weighted by atomic mass is 16.4. The van der Waals surface area contributed by atoms with Gasteiger partial charge < -0.3 is 5.21 Å². The van der Waals surface area contributed by atoms with Gasteiger partial charge >= 0.3 is 0 Å². The fourth-order valence-corrected chi connectivity index (χ4v) is 1.70. The van der Waals surface area contributed by atoms with Crippen LogP contribution in [-0.2, 0) is 0 Å². The summed E-state index contributed by atoms with van der Waals surface area (Å²) in [6.07, 6.45) is 6.29. The molecule has 1 aromatic carbocycles. The molecule has 0 radical (unpaired) electrons. The number of benzene rings is 1. The smallest absolute Gasteiger partial charge is 0.272 e. The van der Waals surface area contributed by atoms with Crippen LogP contribution in [0.4, 0.5) is 0 Å². The number of nitrogens with zero attached hydrogens (tertiary/aromatic N) is 3. The number of hydrazone groups is 1. The molecule has 116 valence electrons. The van der Waals surface area contributed by atoms with Crippen molar-refractivity contribution in [2.75, 3.05) is 0 Å². The minimum atomic E-state index is -0.363. The summed E-state index contributed by atoms with van der Waals surface area (Å²) < 4.78 is 0. The zero-order valence-electron chi connectivity index (χ0n) is 12.5. The maximum absolute atomic E-state index is 11.9. The first-order valence-corrected chi connectivity index (χ1v) is 6.90. The number of rotatable bonds is 5. The predicted octanol–water partition coefficient (Wildman–Crippen LogP) is 2.71. The monoisotopic (exact) mass is 308 g/mol. The molecule has 1 aromatic heterocycles. The highest BCUT2D eigenvalue weighted by Gasteiger charge is 2.04. The SMILES string of the molecule is CC(C=Cc1ccccc1)=NNC(=O)c1ccc(C=NO)nc1. The number of oxime groups is 1. The van der Waals surface area contributed by atoms with Crippen molar-refractivity contribution in [2.24, 2.45) is 10.3 Å². The Morgan fingerprint density at radius 1 is 1.22 bits per heavy atom. The van der Waals surface area contributed by atoms with E-state index in [-0.39, 0.29) is 5.91 Å². The van der Waals surface area contributed by atoms with Crippen molar-refractivity contribution < 1.29 is 10.0 Å². The molecule has 1 amide bonds. The molecule has 0 saturated heterocycles. The van der Waals surface area contributed by atoms with Crippen LogP contribution in [0.1, 0.15) is 28.5 Å². The fraction of sp³-hybridized carbons (Fsp3) is 0.0588. The van der Waals surface area contributed by atoms with Gasteiger partial charge in [0.05, 0.1) is 23.2 Å². The van der Waals surface area contributed by atoms with E-state index in [9.17, 15) is 4.79 Å². The van der Waals surface area contributed by atoms with Crippen LogP contribution in [0, 0.1) is 0 Å². The molecule has 0 saturated carbocycles. The number of hydrogen-bond acceptors (Lipinski definition) is 5. The van der Waals surface area contributed by atoms with Gasteiger partial charge in [-0.2, -0.15) is 5.10 Å². The van der Waals surface area contributed by atoms with Gasteiger partial charge in [-0.05, 0) is 30.7 Å². The Kier molecular flexibility index (Phi) is 5.76. The van der Waals surface area contributed by atoms with E-state index >= 15 is 0 Å². The van der Waals surface area contributed by atoms with E-state index in [1.165, 1.54) is 12.4 Å². The molecule has 0 atom stereocenters. The minimum Gasteiger partial charge on any atom is -0.411 e. The van der Waals surface area contributed by atoms with Crippen molar-refractivity contribution in [3.8, 4) is 0 Å². The Bertz CT molecular complexity index is 735. The maximum atomic E-state index is 11.9. The molecule has 0 spiro atoms. The Labute approximate surface area is 133 Å². The van der Waals surface area contributed by atoms with Gasteiger partial charge in [0, 0.05) is 6.20 Å². The van der Waals surface area contributed by atoms with E-state index in [2.05, 4.69) is 20.7 Å². The van der Waals surface area contributed by atoms with Gasteiger partial charge in [-0.15, -0.1) is 0 Å². The number of nitrogens with one attached hydrogen (secondary N) is 1. The zero-order valence-corrected chi connectivity index (χ0v) is 12.5. The molecule has 2 N–H and O–H groups in total. The second kappa shape index (κ2) is 8.23. The van der Waals surface area contributed by atoms with E-state index < -0.39 is 0 Å². The highest BCUT2D eigenvalue weighted by Crippen LogP contribution is 2.01. The topological polar surface area (TPSA) is 86.9 Å². The van der Waals surface area contributed by atoms with Crippen LogP contribution >= 0.6 is 0 Å². The van der Waals surface area contributed by atoms with Gasteiger partial charge in [0.1, 0.15) is 0 Å². The van der Waals surface area contributed by atoms with Crippen molar-refractivity contribution in [3.63, 3.8) is 0 Å². The molecule has 0 aliphatic carbocycles. The number of carbonyl (C=O) groups excluding carboxylic acids is 1. The second-order valence-corrected chi connectivity index (χ2v) is 4.65. The van der Waals surface area contributed by atoms with E-state index in [0.29, 0.717) is 17.0 Å². The average molecular weight is 308 g/mol. The third-order valence-electron chi connectivity index (χ3n) is 2.89. The number of pyridine rings is 1. The molecule has 2 rings (SSSR count). The second-order valence-electron chi connectivity index (χ2n) is 4.65. The van der Waals surface area contributed by atoms with Gasteiger partial charge in [0.15, 0.2) is 0 Å². The molecule has 0 unspecified atom stereocenters. The Hall–Kier alpha value is -3.28. The molecule has 2 aromatic rings. The maximum Gasteiger partial charge on any atom is 0.272 e. The summed E-state index contributed by atoms with van der Waals surface area (Å²) in [6.45, 7) is 1.79. The minimum absolute atomic E-state index is 0.363. The van der Waals surface area contributed by atoms with Crippen molar-refractivity contribution >= 4 is 23.9 Å². The predicted molar refractivity (Wildman–Crippen MR) is 89.7 cm³/mol. The van der Waals surface area contributed by atoms with E-state index in [1.54, 1.807) is 19.1 Å². The molecule has 1 heterocycles. The summed E-state index contributed by atoms with van der Waals surface area (Å²) in [7, 11) is 0. The van der Waals surface area contributed by atoms with Crippen LogP contribution < -0.4 is 5.43 Å². The normalized spacial score (nSPS) is 12.0. The average Bonchev–Trinajstić information content (AvgIpc) is 2.59. The van der Waals surface area contributed by atoms with Crippen molar-refractivity contribution in [3.05, 3.63) is 71.6 Å². The van der Waals surface area contributed by atoms with Gasteiger partial charge in [-0.3, -0.25) is 9.78 Å². The van der Waals surface area contributed by atoms with Crippen LogP contribution in [-0.4, -0.2) is 28.0 Å². The van der Waals surface area contributed by atoms with Gasteiger partial charge in [-0.25, -0.2) is 5.43 Å². The first kappa shape index (κ1) is 16.1.